The van der Waals surface area contributed by atoms with Crippen LogP contribution in [0.3, 0.4) is 0 Å². The van der Waals surface area contributed by atoms with Gasteiger partial charge in [0.2, 0.25) is 5.75 Å². The maximum Gasteiger partial charge on any atom is 0.205 e. The van der Waals surface area contributed by atoms with Crippen LogP contribution in [0.1, 0.15) is 63.1 Å². The van der Waals surface area contributed by atoms with Crippen molar-refractivity contribution in [2.24, 2.45) is 5.92 Å². The number of aromatic amines is 1. The van der Waals surface area contributed by atoms with E-state index >= 15 is 0 Å². The molecule has 5 rings (SSSR count). The lowest BCUT2D eigenvalue weighted by atomic mass is 9.97. The van der Waals surface area contributed by atoms with Crippen molar-refractivity contribution >= 4 is 35.0 Å². The number of nitrogens with zero attached hydrogens (tertiary/aromatic N) is 4. The van der Waals surface area contributed by atoms with Crippen molar-refractivity contribution in [3.8, 4) is 5.75 Å². The Morgan fingerprint density at radius 2 is 1.86 bits per heavy atom. The van der Waals surface area contributed by atoms with Crippen molar-refractivity contribution in [3.63, 3.8) is 0 Å². The largest absolute Gasteiger partial charge is 0.487 e. The van der Waals surface area contributed by atoms with Gasteiger partial charge in [0, 0.05) is 42.1 Å². The van der Waals surface area contributed by atoms with Crippen LogP contribution < -0.4 is 15.0 Å². The number of Topliss-reactive ketones (excluding diaryl/α,β-unsaturated/α-hetero) is 1. The average molecular weight is 521 g/mol. The Hall–Kier alpha value is -3.07. The second-order valence-electron chi connectivity index (χ2n) is 9.92. The molecule has 8 nitrogen and oxygen atoms in total. The zero-order chi connectivity index (χ0) is 25.6. The lowest BCUT2D eigenvalue weighted by molar-refractivity contribution is -0.122. The highest BCUT2D eigenvalue weighted by Crippen LogP contribution is 2.39. The van der Waals surface area contributed by atoms with E-state index in [0.29, 0.717) is 41.4 Å². The highest BCUT2D eigenvalue weighted by atomic mass is 32.2. The molecule has 2 aromatic heterocycles. The second-order valence-corrected chi connectivity index (χ2v) is 11.0. The summed E-state index contributed by atoms with van der Waals surface area (Å²) in [6.07, 6.45) is 8.51. The molecule has 3 heterocycles. The van der Waals surface area contributed by atoms with Crippen LogP contribution in [-0.4, -0.2) is 45.6 Å². The smallest absolute Gasteiger partial charge is 0.205 e. The molecule has 0 amide bonds. The van der Waals surface area contributed by atoms with E-state index in [1.165, 1.54) is 31.0 Å². The van der Waals surface area contributed by atoms with Crippen molar-refractivity contribution in [1.29, 1.82) is 0 Å². The fourth-order valence-electron chi connectivity index (χ4n) is 5.12. The fraction of sp³-hybridized carbons (Fsp3) is 0.500. The highest BCUT2D eigenvalue weighted by Gasteiger charge is 2.24. The van der Waals surface area contributed by atoms with Crippen LogP contribution in [0.15, 0.2) is 40.4 Å². The number of aryl methyl sites for hydroxylation is 1. The third kappa shape index (κ3) is 6.44. The molecule has 37 heavy (non-hydrogen) atoms. The number of piperidine rings is 1. The fourth-order valence-corrected chi connectivity index (χ4v) is 5.88. The molecular weight excluding hydrogens is 484 g/mol. The van der Waals surface area contributed by atoms with Crippen molar-refractivity contribution in [2.45, 2.75) is 75.3 Å². The minimum Gasteiger partial charge on any atom is -0.487 e. The van der Waals surface area contributed by atoms with Gasteiger partial charge in [-0.05, 0) is 75.4 Å². The Labute approximate surface area is 223 Å². The standard InChI is InChI=1S/C28H36N6O2S/c1-3-36-25-26(29-24-17-19(2)32-33-24)30-28(31-27(25)34-15-7-4-8-16-34)37-22-13-11-20(12-14-22)18-23(35)21-9-5-6-10-21/h11-14,17,21H,3-10,15-16,18H2,1-2H3,(H2,29,30,31,32,33). The van der Waals surface area contributed by atoms with Gasteiger partial charge in [0.05, 0.1) is 6.61 Å². The van der Waals surface area contributed by atoms with Crippen molar-refractivity contribution in [2.75, 3.05) is 29.9 Å². The number of aromatic nitrogens is 4. The quantitative estimate of drug-likeness (QED) is 0.310. The molecule has 196 valence electrons. The van der Waals surface area contributed by atoms with Gasteiger partial charge in [-0.2, -0.15) is 5.10 Å². The molecule has 1 aromatic carbocycles. The minimum absolute atomic E-state index is 0.253. The van der Waals surface area contributed by atoms with E-state index in [9.17, 15) is 4.79 Å². The molecule has 1 saturated heterocycles. The molecule has 0 spiro atoms. The van der Waals surface area contributed by atoms with Gasteiger partial charge in [-0.15, -0.1) is 0 Å². The summed E-state index contributed by atoms with van der Waals surface area (Å²) in [4.78, 5) is 25.8. The van der Waals surface area contributed by atoms with Gasteiger partial charge >= 0.3 is 0 Å². The number of rotatable bonds is 10. The van der Waals surface area contributed by atoms with Crippen LogP contribution in [-0.2, 0) is 11.2 Å². The van der Waals surface area contributed by atoms with E-state index < -0.39 is 0 Å². The molecule has 2 N–H and O–H groups in total. The van der Waals surface area contributed by atoms with E-state index in [2.05, 4.69) is 44.7 Å². The number of hydrogen-bond donors (Lipinski definition) is 2. The molecule has 2 aliphatic rings. The Bertz CT molecular complexity index is 1200. The summed E-state index contributed by atoms with van der Waals surface area (Å²) in [5.74, 6) is 3.42. The zero-order valence-corrected chi connectivity index (χ0v) is 22.6. The lowest BCUT2D eigenvalue weighted by Gasteiger charge is -2.30. The Kier molecular flexibility index (Phi) is 8.28. The van der Waals surface area contributed by atoms with Gasteiger partial charge in [-0.3, -0.25) is 9.89 Å². The molecule has 0 atom stereocenters. The molecule has 1 aliphatic heterocycles. The molecule has 1 aliphatic carbocycles. The van der Waals surface area contributed by atoms with E-state index in [0.717, 1.165) is 60.7 Å². The summed E-state index contributed by atoms with van der Waals surface area (Å²) in [6.45, 7) is 6.36. The normalized spacial score (nSPS) is 16.2. The SMILES string of the molecule is CCOc1c(Nc2cc(C)[nH]n2)nc(Sc2ccc(CC(=O)C3CCCC3)cc2)nc1N1CCCCC1. The molecule has 0 radical (unpaired) electrons. The monoisotopic (exact) mass is 520 g/mol. The van der Waals surface area contributed by atoms with Crippen molar-refractivity contribution < 1.29 is 9.53 Å². The van der Waals surface area contributed by atoms with E-state index in [-0.39, 0.29) is 5.92 Å². The number of carbonyl (C=O) groups is 1. The Balaban J connectivity index is 1.40. The van der Waals surface area contributed by atoms with E-state index in [4.69, 9.17) is 14.7 Å². The number of carbonyl (C=O) groups excluding carboxylic acids is 1. The first-order valence-electron chi connectivity index (χ1n) is 13.5. The number of ketones is 1. The summed E-state index contributed by atoms with van der Waals surface area (Å²) in [6, 6.07) is 10.2. The van der Waals surface area contributed by atoms with Gasteiger partial charge in [0.25, 0.3) is 0 Å². The first kappa shape index (κ1) is 25.6. The summed E-state index contributed by atoms with van der Waals surface area (Å²) >= 11 is 1.52. The number of anilines is 3. The predicted octanol–water partition coefficient (Wildman–Crippen LogP) is 6.09. The van der Waals surface area contributed by atoms with E-state index in [1.54, 1.807) is 0 Å². The molecule has 2 fully saturated rings. The van der Waals surface area contributed by atoms with Gasteiger partial charge in [0.15, 0.2) is 22.6 Å². The lowest BCUT2D eigenvalue weighted by Crippen LogP contribution is -2.31. The zero-order valence-electron chi connectivity index (χ0n) is 21.8. The molecule has 1 saturated carbocycles. The molecule has 9 heteroatoms. The third-order valence-corrected chi connectivity index (χ3v) is 7.92. The van der Waals surface area contributed by atoms with E-state index in [1.807, 2.05) is 19.9 Å². The minimum atomic E-state index is 0.253. The summed E-state index contributed by atoms with van der Waals surface area (Å²) in [5, 5.41) is 11.3. The average Bonchev–Trinajstić information content (AvgIpc) is 3.59. The number of H-pyrrole nitrogens is 1. The van der Waals surface area contributed by atoms with Gasteiger partial charge in [-0.1, -0.05) is 25.0 Å². The van der Waals surface area contributed by atoms with Crippen molar-refractivity contribution in [1.82, 2.24) is 20.2 Å². The highest BCUT2D eigenvalue weighted by molar-refractivity contribution is 7.99. The maximum absolute atomic E-state index is 12.6. The van der Waals surface area contributed by atoms with Crippen LogP contribution in [0.25, 0.3) is 0 Å². The summed E-state index contributed by atoms with van der Waals surface area (Å²) in [7, 11) is 0. The number of benzene rings is 1. The topological polar surface area (TPSA) is 96.0 Å². The van der Waals surface area contributed by atoms with Gasteiger partial charge in [0.1, 0.15) is 5.78 Å². The van der Waals surface area contributed by atoms with Crippen LogP contribution in [0.2, 0.25) is 0 Å². The molecule has 0 bridgehead atoms. The van der Waals surface area contributed by atoms with Gasteiger partial charge < -0.3 is 15.0 Å². The predicted molar refractivity (Wildman–Crippen MR) is 147 cm³/mol. The molecule has 3 aromatic rings. The Morgan fingerprint density at radius 1 is 1.11 bits per heavy atom. The first-order chi connectivity index (χ1) is 18.1. The summed E-state index contributed by atoms with van der Waals surface area (Å²) < 4.78 is 6.09. The van der Waals surface area contributed by atoms with Crippen molar-refractivity contribution in [3.05, 3.63) is 41.6 Å². The maximum atomic E-state index is 12.6. The number of hydrogen-bond acceptors (Lipinski definition) is 8. The van der Waals surface area contributed by atoms with Crippen LogP contribution in [0.5, 0.6) is 5.75 Å². The molecule has 0 unspecified atom stereocenters. The van der Waals surface area contributed by atoms with Gasteiger partial charge in [-0.25, -0.2) is 9.97 Å². The number of ether oxygens (including phenoxy) is 1. The Morgan fingerprint density at radius 3 is 2.54 bits per heavy atom. The van der Waals surface area contributed by atoms with Crippen LogP contribution >= 0.6 is 11.8 Å². The second kappa shape index (κ2) is 12.0. The molecular formula is C28H36N6O2S. The summed E-state index contributed by atoms with van der Waals surface area (Å²) in [5.41, 5.74) is 2.03. The first-order valence-corrected chi connectivity index (χ1v) is 14.3. The third-order valence-electron chi connectivity index (χ3n) is 7.05. The van der Waals surface area contributed by atoms with Crippen LogP contribution in [0, 0.1) is 12.8 Å². The number of nitrogens with one attached hydrogen (secondary N) is 2. The van der Waals surface area contributed by atoms with Crippen LogP contribution in [0.4, 0.5) is 17.5 Å².